The van der Waals surface area contributed by atoms with Gasteiger partial charge in [-0.15, -0.1) is 0 Å². The summed E-state index contributed by atoms with van der Waals surface area (Å²) in [7, 11) is 1.66. The third kappa shape index (κ3) is 8.51. The fraction of sp³-hybridized carbons (Fsp3) is 0.158. The number of hydrogen-bond donors (Lipinski definition) is 2. The third-order valence-corrected chi connectivity index (χ3v) is 7.48. The predicted molar refractivity (Wildman–Crippen MR) is 177 cm³/mol. The van der Waals surface area contributed by atoms with Gasteiger partial charge >= 0.3 is 5.97 Å². The van der Waals surface area contributed by atoms with Crippen LogP contribution in [0.1, 0.15) is 27.0 Å². The highest BCUT2D eigenvalue weighted by Crippen LogP contribution is 2.23. The van der Waals surface area contributed by atoms with Crippen molar-refractivity contribution in [2.24, 2.45) is 0 Å². The molecule has 7 heteroatoms. The Labute approximate surface area is 263 Å². The van der Waals surface area contributed by atoms with Crippen molar-refractivity contribution in [3.63, 3.8) is 0 Å². The van der Waals surface area contributed by atoms with Crippen LogP contribution in [0, 0.1) is 0 Å². The molecule has 1 atom stereocenters. The number of carbonyl (C=O) groups excluding carboxylic acids is 1. The van der Waals surface area contributed by atoms with E-state index >= 15 is 0 Å². The Morgan fingerprint density at radius 1 is 0.733 bits per heavy atom. The molecule has 0 saturated heterocycles. The van der Waals surface area contributed by atoms with Crippen LogP contribution in [-0.4, -0.2) is 43.2 Å². The minimum Gasteiger partial charge on any atom is -0.497 e. The Balaban J connectivity index is 1.20. The topological polar surface area (TPSA) is 88.1 Å². The predicted octanol–water partition coefficient (Wildman–Crippen LogP) is 7.12. The average molecular weight is 601 g/mol. The standard InChI is InChI=1S/C38H36N2O5/c1-44-32-20-18-29(19-21-32)27-40(31-12-6-3-7-13-31)24-25-45-33-22-16-28(17-23-33)26-36(38(42)43)39-35-15-9-8-14-34(35)37(41)30-10-4-2-5-11-30/h2-23,36,39H,24-27H2,1H3,(H,42,43)/t36-/m0/s1. The molecule has 5 aromatic carbocycles. The van der Waals surface area contributed by atoms with Gasteiger partial charge in [-0.2, -0.15) is 0 Å². The molecule has 7 nitrogen and oxygen atoms in total. The molecular weight excluding hydrogens is 564 g/mol. The molecule has 45 heavy (non-hydrogen) atoms. The van der Waals surface area contributed by atoms with E-state index in [1.807, 2.05) is 60.7 Å². The minimum absolute atomic E-state index is 0.167. The van der Waals surface area contributed by atoms with E-state index in [0.717, 1.165) is 29.1 Å². The zero-order valence-corrected chi connectivity index (χ0v) is 25.1. The van der Waals surface area contributed by atoms with Crippen molar-refractivity contribution < 1.29 is 24.2 Å². The highest BCUT2D eigenvalue weighted by atomic mass is 16.5. The summed E-state index contributed by atoms with van der Waals surface area (Å²) in [5.41, 5.74) is 4.55. The van der Waals surface area contributed by atoms with Gasteiger partial charge in [0.15, 0.2) is 5.78 Å². The van der Waals surface area contributed by atoms with Crippen molar-refractivity contribution in [3.05, 3.63) is 156 Å². The van der Waals surface area contributed by atoms with Crippen LogP contribution in [0.25, 0.3) is 0 Å². The number of carbonyl (C=O) groups is 2. The summed E-state index contributed by atoms with van der Waals surface area (Å²) in [5.74, 6) is 0.356. The monoisotopic (exact) mass is 600 g/mol. The van der Waals surface area contributed by atoms with Crippen molar-refractivity contribution in [1.29, 1.82) is 0 Å². The van der Waals surface area contributed by atoms with Crippen molar-refractivity contribution in [2.45, 2.75) is 19.0 Å². The smallest absolute Gasteiger partial charge is 0.326 e. The Bertz CT molecular complexity index is 1670. The molecule has 0 amide bonds. The third-order valence-electron chi connectivity index (χ3n) is 7.48. The van der Waals surface area contributed by atoms with Gasteiger partial charge < -0.3 is 24.8 Å². The summed E-state index contributed by atoms with van der Waals surface area (Å²) < 4.78 is 11.4. The van der Waals surface area contributed by atoms with E-state index in [-0.39, 0.29) is 12.2 Å². The fourth-order valence-corrected chi connectivity index (χ4v) is 5.06. The summed E-state index contributed by atoms with van der Waals surface area (Å²) in [6.45, 7) is 1.86. The maximum Gasteiger partial charge on any atom is 0.326 e. The number of rotatable bonds is 15. The number of anilines is 2. The lowest BCUT2D eigenvalue weighted by Crippen LogP contribution is -2.32. The van der Waals surface area contributed by atoms with E-state index in [9.17, 15) is 14.7 Å². The summed E-state index contributed by atoms with van der Waals surface area (Å²) in [6, 6.07) is 40.7. The number of hydrogen-bond acceptors (Lipinski definition) is 6. The van der Waals surface area contributed by atoms with Gasteiger partial charge in [0.05, 0.1) is 13.7 Å². The molecule has 5 aromatic rings. The lowest BCUT2D eigenvalue weighted by molar-refractivity contribution is -0.137. The van der Waals surface area contributed by atoms with E-state index in [2.05, 4.69) is 34.5 Å². The van der Waals surface area contributed by atoms with Crippen molar-refractivity contribution >= 4 is 23.1 Å². The van der Waals surface area contributed by atoms with Crippen molar-refractivity contribution in [1.82, 2.24) is 0 Å². The summed E-state index contributed by atoms with van der Waals surface area (Å²) >= 11 is 0. The molecule has 2 N–H and O–H groups in total. The van der Waals surface area contributed by atoms with E-state index < -0.39 is 12.0 Å². The number of para-hydroxylation sites is 2. The molecule has 0 saturated carbocycles. The number of nitrogens with one attached hydrogen (secondary N) is 1. The number of carboxylic acid groups (broad SMARTS) is 1. The highest BCUT2D eigenvalue weighted by Gasteiger charge is 2.21. The number of aliphatic carboxylic acids is 1. The maximum atomic E-state index is 13.1. The Kier molecular flexibility index (Phi) is 10.5. The maximum absolute atomic E-state index is 13.1. The SMILES string of the molecule is COc1ccc(CN(CCOc2ccc(C[C@H](Nc3ccccc3C(=O)c3ccccc3)C(=O)O)cc2)c2ccccc2)cc1. The van der Waals surface area contributed by atoms with Crippen LogP contribution in [0.3, 0.4) is 0 Å². The van der Waals surface area contributed by atoms with Crippen LogP contribution < -0.4 is 19.7 Å². The molecular formula is C38H36N2O5. The minimum atomic E-state index is -1.00. The molecule has 0 fully saturated rings. The molecule has 0 heterocycles. The lowest BCUT2D eigenvalue weighted by Gasteiger charge is -2.25. The molecule has 0 bridgehead atoms. The van der Waals surface area contributed by atoms with E-state index in [4.69, 9.17) is 9.47 Å². The van der Waals surface area contributed by atoms with Crippen LogP contribution in [0.15, 0.2) is 133 Å². The van der Waals surface area contributed by atoms with Gasteiger partial charge in [0.1, 0.15) is 24.1 Å². The second-order valence-electron chi connectivity index (χ2n) is 10.6. The first-order chi connectivity index (χ1) is 22.0. The van der Waals surface area contributed by atoms with Gasteiger partial charge in [-0.05, 0) is 59.7 Å². The molecule has 0 aliphatic carbocycles. The van der Waals surface area contributed by atoms with E-state index in [0.29, 0.717) is 35.7 Å². The van der Waals surface area contributed by atoms with Crippen molar-refractivity contribution in [3.8, 4) is 11.5 Å². The molecule has 5 rings (SSSR count). The largest absolute Gasteiger partial charge is 0.497 e. The van der Waals surface area contributed by atoms with Crippen molar-refractivity contribution in [2.75, 3.05) is 30.5 Å². The normalized spacial score (nSPS) is 11.3. The van der Waals surface area contributed by atoms with Crippen LogP contribution in [-0.2, 0) is 17.8 Å². The second kappa shape index (κ2) is 15.3. The average Bonchev–Trinajstić information content (AvgIpc) is 3.09. The Hall–Kier alpha value is -5.56. The van der Waals surface area contributed by atoms with Gasteiger partial charge in [-0.25, -0.2) is 4.79 Å². The van der Waals surface area contributed by atoms with Crippen LogP contribution in [0.4, 0.5) is 11.4 Å². The first kappa shape index (κ1) is 30.9. The highest BCUT2D eigenvalue weighted by molar-refractivity contribution is 6.12. The lowest BCUT2D eigenvalue weighted by atomic mass is 10.00. The molecule has 0 aliphatic rings. The number of nitrogens with zero attached hydrogens (tertiary/aromatic N) is 1. The number of benzene rings is 5. The van der Waals surface area contributed by atoms with Gasteiger partial charge in [0, 0.05) is 35.5 Å². The zero-order chi connectivity index (χ0) is 31.4. The Morgan fingerprint density at radius 2 is 1.33 bits per heavy atom. The molecule has 0 aromatic heterocycles. The summed E-state index contributed by atoms with van der Waals surface area (Å²) in [5, 5.41) is 13.1. The van der Waals surface area contributed by atoms with Crippen LogP contribution >= 0.6 is 0 Å². The van der Waals surface area contributed by atoms with Gasteiger partial charge in [-0.1, -0.05) is 84.9 Å². The quantitative estimate of drug-likeness (QED) is 0.124. The molecule has 0 aliphatic heterocycles. The zero-order valence-electron chi connectivity index (χ0n) is 25.1. The number of ketones is 1. The molecule has 0 spiro atoms. The molecule has 0 radical (unpaired) electrons. The summed E-state index contributed by atoms with van der Waals surface area (Å²) in [4.78, 5) is 27.6. The molecule has 0 unspecified atom stereocenters. The first-order valence-electron chi connectivity index (χ1n) is 14.8. The van der Waals surface area contributed by atoms with Crippen LogP contribution in [0.2, 0.25) is 0 Å². The number of carboxylic acids is 1. The fourth-order valence-electron chi connectivity index (χ4n) is 5.06. The van der Waals surface area contributed by atoms with Gasteiger partial charge in [-0.3, -0.25) is 4.79 Å². The first-order valence-corrected chi connectivity index (χ1v) is 14.8. The second-order valence-corrected chi connectivity index (χ2v) is 10.6. The van der Waals surface area contributed by atoms with Gasteiger partial charge in [0.2, 0.25) is 0 Å². The molecule has 228 valence electrons. The Morgan fingerprint density at radius 3 is 2.00 bits per heavy atom. The number of methoxy groups -OCH3 is 1. The van der Waals surface area contributed by atoms with Gasteiger partial charge in [0.25, 0.3) is 0 Å². The van der Waals surface area contributed by atoms with E-state index in [1.54, 1.807) is 55.6 Å². The number of ether oxygens (including phenoxy) is 2. The van der Waals surface area contributed by atoms with Crippen LogP contribution in [0.5, 0.6) is 11.5 Å². The van der Waals surface area contributed by atoms with E-state index in [1.165, 1.54) is 0 Å². The summed E-state index contributed by atoms with van der Waals surface area (Å²) in [6.07, 6.45) is 0.229.